The van der Waals surface area contributed by atoms with Crippen LogP contribution < -0.4 is 16.0 Å². The van der Waals surface area contributed by atoms with Crippen molar-refractivity contribution in [2.75, 3.05) is 18.6 Å². The normalized spacial score (nSPS) is 23.9. The number of nitrogens with one attached hydrogen (secondary N) is 1. The Morgan fingerprint density at radius 1 is 1.29 bits per heavy atom. The van der Waals surface area contributed by atoms with E-state index in [0.717, 1.165) is 5.75 Å². The lowest BCUT2D eigenvalue weighted by Gasteiger charge is -2.36. The highest BCUT2D eigenvalue weighted by atomic mass is 32.2. The Morgan fingerprint density at radius 2 is 2.00 bits per heavy atom. The number of thioether (sulfide) groups is 2. The van der Waals surface area contributed by atoms with Crippen molar-refractivity contribution in [1.82, 2.24) is 5.43 Å². The van der Waals surface area contributed by atoms with E-state index < -0.39 is 0 Å². The first-order valence-corrected chi connectivity index (χ1v) is 9.56. The Balaban J connectivity index is 2.34. The number of methoxy groups -OCH3 is 1. The number of rotatable bonds is 5. The van der Waals surface area contributed by atoms with E-state index in [9.17, 15) is 0 Å². The van der Waals surface area contributed by atoms with Crippen LogP contribution >= 0.6 is 23.5 Å². The van der Waals surface area contributed by atoms with Crippen LogP contribution in [0.3, 0.4) is 0 Å². The van der Waals surface area contributed by atoms with Crippen molar-refractivity contribution in [2.24, 2.45) is 5.84 Å². The van der Waals surface area contributed by atoms with Crippen molar-refractivity contribution in [2.45, 2.75) is 43.7 Å². The summed E-state index contributed by atoms with van der Waals surface area (Å²) < 4.78 is 5.42. The standard InChI is InChI=1S/C16H26N2OS2/c1-5-14-16(21-7-6-20-14)15(18-17)12-8-11(3)13(19-4)9-10(12)2/h8-9,14-16,18H,5-7,17H2,1-4H3. The van der Waals surface area contributed by atoms with Gasteiger partial charge in [-0.15, -0.1) is 0 Å². The van der Waals surface area contributed by atoms with Crippen molar-refractivity contribution < 1.29 is 4.74 Å². The summed E-state index contributed by atoms with van der Waals surface area (Å²) in [5, 5.41) is 1.18. The van der Waals surface area contributed by atoms with E-state index in [1.54, 1.807) is 7.11 Å². The van der Waals surface area contributed by atoms with Crippen molar-refractivity contribution >= 4 is 23.5 Å². The smallest absolute Gasteiger partial charge is 0.122 e. The SMILES string of the molecule is CCC1SCCSC1C(NN)c1cc(C)c(OC)cc1C. The van der Waals surface area contributed by atoms with Gasteiger partial charge in [0.25, 0.3) is 0 Å². The number of nitrogens with two attached hydrogens (primary N) is 1. The molecule has 21 heavy (non-hydrogen) atoms. The highest BCUT2D eigenvalue weighted by Crippen LogP contribution is 2.41. The molecule has 1 saturated heterocycles. The Bertz CT molecular complexity index is 482. The molecule has 3 nitrogen and oxygen atoms in total. The Labute approximate surface area is 136 Å². The van der Waals surface area contributed by atoms with Crippen LogP contribution in [0.1, 0.15) is 36.1 Å². The van der Waals surface area contributed by atoms with Gasteiger partial charge in [-0.3, -0.25) is 11.3 Å². The fraction of sp³-hybridized carbons (Fsp3) is 0.625. The lowest BCUT2D eigenvalue weighted by Crippen LogP contribution is -2.42. The lowest BCUT2D eigenvalue weighted by molar-refractivity contribution is 0.410. The first-order valence-electron chi connectivity index (χ1n) is 7.46. The number of hydrogen-bond donors (Lipinski definition) is 2. The molecule has 0 amide bonds. The molecule has 1 fully saturated rings. The summed E-state index contributed by atoms with van der Waals surface area (Å²) in [6.45, 7) is 6.51. The van der Waals surface area contributed by atoms with Gasteiger partial charge < -0.3 is 4.74 Å². The fourth-order valence-corrected chi connectivity index (χ4v) is 6.20. The monoisotopic (exact) mass is 326 g/mol. The second kappa shape index (κ2) is 7.77. The van der Waals surface area contributed by atoms with Crippen LogP contribution in [-0.2, 0) is 0 Å². The highest BCUT2D eigenvalue weighted by Gasteiger charge is 2.33. The van der Waals surface area contributed by atoms with Crippen LogP contribution in [0.15, 0.2) is 12.1 Å². The van der Waals surface area contributed by atoms with E-state index in [0.29, 0.717) is 10.5 Å². The number of ether oxygens (including phenoxy) is 1. The Morgan fingerprint density at radius 3 is 2.62 bits per heavy atom. The molecule has 1 aliphatic rings. The van der Waals surface area contributed by atoms with E-state index >= 15 is 0 Å². The molecule has 1 heterocycles. The molecule has 5 heteroatoms. The van der Waals surface area contributed by atoms with Gasteiger partial charge in [0, 0.05) is 22.0 Å². The molecule has 3 atom stereocenters. The van der Waals surface area contributed by atoms with Crippen LogP contribution in [0.5, 0.6) is 5.75 Å². The first-order chi connectivity index (χ1) is 10.1. The van der Waals surface area contributed by atoms with Gasteiger partial charge in [-0.25, -0.2) is 0 Å². The van der Waals surface area contributed by atoms with E-state index in [2.05, 4.69) is 61.9 Å². The van der Waals surface area contributed by atoms with Crippen LogP contribution in [-0.4, -0.2) is 29.1 Å². The number of hydrazine groups is 1. The van der Waals surface area contributed by atoms with Crippen LogP contribution in [0.2, 0.25) is 0 Å². The van der Waals surface area contributed by atoms with Crippen molar-refractivity contribution in [3.05, 3.63) is 28.8 Å². The molecule has 1 aromatic carbocycles. The van der Waals surface area contributed by atoms with Gasteiger partial charge >= 0.3 is 0 Å². The van der Waals surface area contributed by atoms with Crippen LogP contribution in [0.25, 0.3) is 0 Å². The van der Waals surface area contributed by atoms with Gasteiger partial charge in [-0.05, 0) is 43.0 Å². The topological polar surface area (TPSA) is 47.3 Å². The van der Waals surface area contributed by atoms with Gasteiger partial charge in [-0.1, -0.05) is 13.0 Å². The first kappa shape index (κ1) is 17.0. The fourth-order valence-electron chi connectivity index (χ4n) is 2.98. The van der Waals surface area contributed by atoms with E-state index in [-0.39, 0.29) is 6.04 Å². The second-order valence-electron chi connectivity index (χ2n) is 5.48. The lowest BCUT2D eigenvalue weighted by atomic mass is 9.94. The maximum atomic E-state index is 5.94. The number of aryl methyl sites for hydroxylation is 2. The molecule has 0 bridgehead atoms. The van der Waals surface area contributed by atoms with Crippen LogP contribution in [0.4, 0.5) is 0 Å². The second-order valence-corrected chi connectivity index (χ2v) is 8.11. The minimum absolute atomic E-state index is 0.192. The molecule has 0 spiro atoms. The maximum Gasteiger partial charge on any atom is 0.122 e. The van der Waals surface area contributed by atoms with Gasteiger partial charge in [-0.2, -0.15) is 23.5 Å². The minimum atomic E-state index is 0.192. The van der Waals surface area contributed by atoms with E-state index in [1.165, 1.54) is 34.6 Å². The van der Waals surface area contributed by atoms with Gasteiger partial charge in [0.05, 0.1) is 13.2 Å². The average molecular weight is 327 g/mol. The number of hydrogen-bond acceptors (Lipinski definition) is 5. The summed E-state index contributed by atoms with van der Waals surface area (Å²) >= 11 is 4.14. The van der Waals surface area contributed by atoms with Crippen molar-refractivity contribution in [3.8, 4) is 5.75 Å². The molecule has 3 N–H and O–H groups in total. The van der Waals surface area contributed by atoms with Crippen LogP contribution in [0, 0.1) is 13.8 Å². The third-order valence-corrected chi connectivity index (χ3v) is 7.47. The van der Waals surface area contributed by atoms with Crippen molar-refractivity contribution in [3.63, 3.8) is 0 Å². The summed E-state index contributed by atoms with van der Waals surface area (Å²) in [6, 6.07) is 4.54. The zero-order valence-electron chi connectivity index (χ0n) is 13.3. The zero-order valence-corrected chi connectivity index (χ0v) is 14.9. The summed E-state index contributed by atoms with van der Waals surface area (Å²) in [5.74, 6) is 9.34. The molecule has 0 radical (unpaired) electrons. The molecule has 1 aromatic rings. The molecule has 0 aromatic heterocycles. The molecule has 2 rings (SSSR count). The predicted molar refractivity (Wildman–Crippen MR) is 95.3 cm³/mol. The van der Waals surface area contributed by atoms with E-state index in [4.69, 9.17) is 10.6 Å². The molecule has 1 aliphatic heterocycles. The highest BCUT2D eigenvalue weighted by molar-refractivity contribution is 8.07. The molecule has 0 saturated carbocycles. The summed E-state index contributed by atoms with van der Waals surface area (Å²) in [5.41, 5.74) is 6.79. The van der Waals surface area contributed by atoms with Crippen molar-refractivity contribution in [1.29, 1.82) is 0 Å². The van der Waals surface area contributed by atoms with Gasteiger partial charge in [0.2, 0.25) is 0 Å². The molecule has 118 valence electrons. The summed E-state index contributed by atoms with van der Waals surface area (Å²) in [4.78, 5) is 0. The third-order valence-electron chi connectivity index (χ3n) is 4.12. The van der Waals surface area contributed by atoms with Gasteiger partial charge in [0.1, 0.15) is 5.75 Å². The molecular weight excluding hydrogens is 300 g/mol. The zero-order chi connectivity index (χ0) is 15.4. The predicted octanol–water partition coefficient (Wildman–Crippen LogP) is 3.44. The average Bonchev–Trinajstić information content (AvgIpc) is 2.51. The molecule has 0 aliphatic carbocycles. The van der Waals surface area contributed by atoms with E-state index in [1.807, 2.05) is 0 Å². The quantitative estimate of drug-likeness (QED) is 0.641. The molecule has 3 unspecified atom stereocenters. The third kappa shape index (κ3) is 3.70. The summed E-state index contributed by atoms with van der Waals surface area (Å²) in [7, 11) is 1.72. The Kier molecular flexibility index (Phi) is 6.29. The number of benzene rings is 1. The molecular formula is C16H26N2OS2. The minimum Gasteiger partial charge on any atom is -0.496 e. The Hall–Kier alpha value is -0.360. The maximum absolute atomic E-state index is 5.94. The van der Waals surface area contributed by atoms with Gasteiger partial charge in [0.15, 0.2) is 0 Å². The largest absolute Gasteiger partial charge is 0.496 e. The summed E-state index contributed by atoms with van der Waals surface area (Å²) in [6.07, 6.45) is 1.19.